The zero-order chi connectivity index (χ0) is 19.9. The monoisotopic (exact) mass is 420 g/mol. The van der Waals surface area contributed by atoms with Crippen LogP contribution in [0.4, 0.5) is 5.69 Å². The number of β-amino-alcohol motifs (C(OH)–C–C–N with tert-alkyl or cyclic N) is 1. The molecule has 0 aliphatic carbocycles. The molecule has 2 aliphatic rings. The van der Waals surface area contributed by atoms with Crippen LogP contribution < -0.4 is 10.2 Å². The van der Waals surface area contributed by atoms with Crippen LogP contribution in [0, 0.1) is 0 Å². The smallest absolute Gasteiger partial charge is 0.237 e. The van der Waals surface area contributed by atoms with Crippen molar-refractivity contribution >= 4 is 33.0 Å². The highest BCUT2D eigenvalue weighted by Crippen LogP contribution is 2.50. The number of benzene rings is 2. The van der Waals surface area contributed by atoms with Crippen molar-refractivity contribution in [3.63, 3.8) is 0 Å². The number of carbonyl (C=O) groups is 1. The van der Waals surface area contributed by atoms with Crippen molar-refractivity contribution in [2.75, 3.05) is 31.1 Å². The highest BCUT2D eigenvalue weighted by molar-refractivity contribution is 7.91. The number of anilines is 1. The van der Waals surface area contributed by atoms with Crippen molar-refractivity contribution in [1.29, 1.82) is 0 Å². The number of halogens is 1. The molecule has 1 spiro atoms. The Morgan fingerprint density at radius 3 is 2.43 bits per heavy atom. The molecule has 0 saturated carbocycles. The molecule has 6 nitrogen and oxygen atoms in total. The van der Waals surface area contributed by atoms with E-state index >= 15 is 0 Å². The highest BCUT2D eigenvalue weighted by atomic mass is 35.5. The van der Waals surface area contributed by atoms with Crippen LogP contribution in [0.5, 0.6) is 0 Å². The molecule has 2 aromatic rings. The van der Waals surface area contributed by atoms with Crippen molar-refractivity contribution < 1.29 is 18.3 Å². The van der Waals surface area contributed by atoms with E-state index in [1.165, 1.54) is 17.0 Å². The number of sulfone groups is 1. The maximum atomic E-state index is 13.5. The summed E-state index contributed by atoms with van der Waals surface area (Å²) in [5, 5.41) is 13.2. The molecule has 148 valence electrons. The van der Waals surface area contributed by atoms with Gasteiger partial charge in [-0.25, -0.2) is 8.42 Å². The van der Waals surface area contributed by atoms with Gasteiger partial charge in [-0.2, -0.15) is 0 Å². The number of piperidine rings is 1. The molecule has 2 heterocycles. The normalized spacial score (nSPS) is 18.5. The number of rotatable bonds is 4. The quantitative estimate of drug-likeness (QED) is 0.791. The third-order valence-corrected chi connectivity index (χ3v) is 7.69. The minimum Gasteiger partial charge on any atom is -0.395 e. The Bertz CT molecular complexity index is 1020. The van der Waals surface area contributed by atoms with Gasteiger partial charge in [-0.05, 0) is 62.3 Å². The zero-order valence-corrected chi connectivity index (χ0v) is 16.8. The molecule has 4 rings (SSSR count). The largest absolute Gasteiger partial charge is 0.395 e. The molecular weight excluding hydrogens is 400 g/mol. The lowest BCUT2D eigenvalue weighted by Crippen LogP contribution is -2.48. The molecule has 1 amide bonds. The second kappa shape index (κ2) is 7.15. The Morgan fingerprint density at radius 2 is 1.79 bits per heavy atom. The number of nitrogens with zero attached hydrogens (tertiary/aromatic N) is 1. The fourth-order valence-corrected chi connectivity index (χ4v) is 6.00. The van der Waals surface area contributed by atoms with E-state index in [2.05, 4.69) is 5.32 Å². The van der Waals surface area contributed by atoms with Gasteiger partial charge >= 0.3 is 0 Å². The van der Waals surface area contributed by atoms with Crippen molar-refractivity contribution in [1.82, 2.24) is 5.32 Å². The Labute approximate surface area is 169 Å². The van der Waals surface area contributed by atoms with E-state index in [0.29, 0.717) is 42.2 Å². The van der Waals surface area contributed by atoms with Gasteiger partial charge in [-0.1, -0.05) is 17.7 Å². The van der Waals surface area contributed by atoms with Crippen molar-refractivity contribution in [2.45, 2.75) is 28.0 Å². The number of nitrogens with one attached hydrogen (secondary N) is 1. The molecule has 8 heteroatoms. The number of hydrogen-bond acceptors (Lipinski definition) is 5. The SMILES string of the molecule is O=C1N(CCO)c2cccc(S(=O)(=O)c3ccc(Cl)cc3)c2C12CCNCC2. The molecule has 0 atom stereocenters. The van der Waals surface area contributed by atoms with Crippen molar-refractivity contribution in [3.05, 3.63) is 53.1 Å². The number of carbonyl (C=O) groups excluding carboxylic acids is 1. The highest BCUT2D eigenvalue weighted by Gasteiger charge is 2.53. The Morgan fingerprint density at radius 1 is 1.11 bits per heavy atom. The topological polar surface area (TPSA) is 86.7 Å². The lowest BCUT2D eigenvalue weighted by atomic mass is 9.74. The molecule has 0 unspecified atom stereocenters. The van der Waals surface area contributed by atoms with Gasteiger partial charge in [0.25, 0.3) is 0 Å². The van der Waals surface area contributed by atoms with Crippen LogP contribution in [0.25, 0.3) is 0 Å². The first-order valence-electron chi connectivity index (χ1n) is 9.19. The van der Waals surface area contributed by atoms with Crippen LogP contribution in [0.2, 0.25) is 5.02 Å². The third-order valence-electron chi connectivity index (χ3n) is 5.62. The van der Waals surface area contributed by atoms with Gasteiger partial charge < -0.3 is 15.3 Å². The Kier molecular flexibility index (Phi) is 4.95. The number of aliphatic hydroxyl groups excluding tert-OH is 1. The second-order valence-corrected chi connectivity index (χ2v) is 9.47. The van der Waals surface area contributed by atoms with Gasteiger partial charge in [0.1, 0.15) is 0 Å². The summed E-state index contributed by atoms with van der Waals surface area (Å²) in [6.07, 6.45) is 1.04. The predicted molar refractivity (Wildman–Crippen MR) is 107 cm³/mol. The summed E-state index contributed by atoms with van der Waals surface area (Å²) in [7, 11) is -3.84. The number of fused-ring (bicyclic) bond motifs is 2. The molecule has 2 aliphatic heterocycles. The average molecular weight is 421 g/mol. The first kappa shape index (κ1) is 19.4. The van der Waals surface area contributed by atoms with Crippen LogP contribution in [0.1, 0.15) is 18.4 Å². The summed E-state index contributed by atoms with van der Waals surface area (Å²) >= 11 is 5.91. The molecule has 28 heavy (non-hydrogen) atoms. The van der Waals surface area contributed by atoms with Crippen LogP contribution in [0.3, 0.4) is 0 Å². The van der Waals surface area contributed by atoms with E-state index in [-0.39, 0.29) is 28.8 Å². The van der Waals surface area contributed by atoms with E-state index in [1.54, 1.807) is 30.3 Å². The fraction of sp³-hybridized carbons (Fsp3) is 0.350. The maximum absolute atomic E-state index is 13.5. The van der Waals surface area contributed by atoms with Gasteiger partial charge in [0, 0.05) is 22.8 Å². The molecule has 0 bridgehead atoms. The molecule has 1 fully saturated rings. The summed E-state index contributed by atoms with van der Waals surface area (Å²) in [6.45, 7) is 1.22. The summed E-state index contributed by atoms with van der Waals surface area (Å²) < 4.78 is 26.9. The maximum Gasteiger partial charge on any atom is 0.237 e. The minimum absolute atomic E-state index is 0.128. The molecule has 0 aromatic heterocycles. The van der Waals surface area contributed by atoms with Crippen LogP contribution >= 0.6 is 11.6 Å². The third kappa shape index (κ3) is 2.85. The lowest BCUT2D eigenvalue weighted by Gasteiger charge is -2.33. The van der Waals surface area contributed by atoms with Crippen LogP contribution in [-0.2, 0) is 20.0 Å². The van der Waals surface area contributed by atoms with E-state index in [4.69, 9.17) is 11.6 Å². The van der Waals surface area contributed by atoms with E-state index < -0.39 is 15.3 Å². The fourth-order valence-electron chi connectivity index (χ4n) is 4.30. The van der Waals surface area contributed by atoms with Gasteiger partial charge in [0.05, 0.1) is 21.8 Å². The second-order valence-electron chi connectivity index (χ2n) is 7.12. The molecular formula is C20H21ClN2O4S. The first-order valence-corrected chi connectivity index (χ1v) is 11.1. The summed E-state index contributed by atoms with van der Waals surface area (Å²) in [5.41, 5.74) is 0.257. The summed E-state index contributed by atoms with van der Waals surface area (Å²) in [6, 6.07) is 11.0. The van der Waals surface area contributed by atoms with Gasteiger partial charge in [-0.3, -0.25) is 4.79 Å². The van der Waals surface area contributed by atoms with Crippen molar-refractivity contribution in [2.24, 2.45) is 0 Å². The Balaban J connectivity index is 1.95. The molecule has 0 radical (unpaired) electrons. The molecule has 1 saturated heterocycles. The molecule has 2 N–H and O–H groups in total. The van der Waals surface area contributed by atoms with Gasteiger partial charge in [-0.15, -0.1) is 0 Å². The zero-order valence-electron chi connectivity index (χ0n) is 15.2. The first-order chi connectivity index (χ1) is 13.4. The van der Waals surface area contributed by atoms with Crippen LogP contribution in [-0.4, -0.2) is 45.7 Å². The van der Waals surface area contributed by atoms with Gasteiger partial charge in [0.15, 0.2) is 0 Å². The van der Waals surface area contributed by atoms with Crippen LogP contribution in [0.15, 0.2) is 52.3 Å². The van der Waals surface area contributed by atoms with Gasteiger partial charge in [0.2, 0.25) is 15.7 Å². The van der Waals surface area contributed by atoms with Crippen molar-refractivity contribution in [3.8, 4) is 0 Å². The standard InChI is InChI=1S/C20H21ClN2O4S/c21-14-4-6-15(7-5-14)28(26,27)17-3-1-2-16-18(17)20(8-10-22-11-9-20)19(25)23(16)12-13-24/h1-7,22,24H,8-13H2. The van der Waals surface area contributed by atoms with E-state index in [9.17, 15) is 18.3 Å². The predicted octanol–water partition coefficient (Wildman–Crippen LogP) is 2.13. The van der Waals surface area contributed by atoms with E-state index in [1.807, 2.05) is 0 Å². The minimum atomic E-state index is -3.84. The van der Waals surface area contributed by atoms with E-state index in [0.717, 1.165) is 0 Å². The number of amides is 1. The Hall–Kier alpha value is -1.93. The lowest BCUT2D eigenvalue weighted by molar-refractivity contribution is -0.124. The number of aliphatic hydroxyl groups is 1. The number of hydrogen-bond donors (Lipinski definition) is 2. The molecule has 2 aromatic carbocycles. The summed E-state index contributed by atoms with van der Waals surface area (Å²) in [4.78, 5) is 15.2. The average Bonchev–Trinajstić information content (AvgIpc) is 2.92. The summed E-state index contributed by atoms with van der Waals surface area (Å²) in [5.74, 6) is -0.128.